The van der Waals surface area contributed by atoms with Gasteiger partial charge in [-0.25, -0.2) is 4.79 Å². The Morgan fingerprint density at radius 3 is 2.48 bits per heavy atom. The van der Waals surface area contributed by atoms with E-state index in [-0.39, 0.29) is 11.3 Å². The molecule has 0 bridgehead atoms. The van der Waals surface area contributed by atoms with Crippen molar-refractivity contribution in [1.82, 2.24) is 5.32 Å². The van der Waals surface area contributed by atoms with Crippen LogP contribution in [0.4, 0.5) is 11.4 Å². The Bertz CT molecular complexity index is 884. The Kier molecular flexibility index (Phi) is 8.02. The van der Waals surface area contributed by atoms with Gasteiger partial charge in [-0.2, -0.15) is 0 Å². The number of anilines is 1. The Hall–Kier alpha value is -3.07. The highest BCUT2D eigenvalue weighted by Crippen LogP contribution is 2.27. The number of aryl methyl sites for hydroxylation is 1. The summed E-state index contributed by atoms with van der Waals surface area (Å²) in [7, 11) is 3.34. The molecule has 9 heteroatoms. The van der Waals surface area contributed by atoms with Crippen LogP contribution in [0.3, 0.4) is 0 Å². The van der Waals surface area contributed by atoms with E-state index in [0.29, 0.717) is 18.0 Å². The molecule has 0 fully saturated rings. The lowest BCUT2D eigenvalue weighted by Crippen LogP contribution is -2.30. The number of ether oxygens (including phenoxy) is 1. The zero-order valence-corrected chi connectivity index (χ0v) is 17.3. The molecule has 29 heavy (non-hydrogen) atoms. The molecule has 8 nitrogen and oxygen atoms in total. The number of hydrogen-bond donors (Lipinski definition) is 1. The molecule has 0 radical (unpaired) electrons. The van der Waals surface area contributed by atoms with Crippen LogP contribution in [0.15, 0.2) is 47.4 Å². The summed E-state index contributed by atoms with van der Waals surface area (Å²) in [5.74, 6) is -0.536. The topological polar surface area (TPSA) is 102 Å². The minimum atomic E-state index is -0.789. The van der Waals surface area contributed by atoms with E-state index < -0.39 is 23.4 Å². The van der Waals surface area contributed by atoms with Gasteiger partial charge in [0.05, 0.1) is 10.5 Å². The first-order chi connectivity index (χ1) is 13.8. The zero-order valence-electron chi connectivity index (χ0n) is 16.5. The van der Waals surface area contributed by atoms with Crippen molar-refractivity contribution in [3.63, 3.8) is 0 Å². The zero-order chi connectivity index (χ0) is 21.4. The fraction of sp³-hybridized carbons (Fsp3) is 0.300. The maximum Gasteiger partial charge on any atom is 0.338 e. The number of thioether (sulfide) groups is 1. The fourth-order valence-electron chi connectivity index (χ4n) is 2.43. The monoisotopic (exact) mass is 417 g/mol. The summed E-state index contributed by atoms with van der Waals surface area (Å²) in [6.45, 7) is 2.00. The van der Waals surface area contributed by atoms with Crippen LogP contribution in [0.25, 0.3) is 0 Å². The quantitative estimate of drug-likeness (QED) is 0.220. The van der Waals surface area contributed by atoms with Gasteiger partial charge in [0.25, 0.3) is 11.6 Å². The van der Waals surface area contributed by atoms with Crippen LogP contribution in [0.1, 0.15) is 15.9 Å². The number of nitrogens with zero attached hydrogens (tertiary/aromatic N) is 2. The number of carbonyl (C=O) groups excluding carboxylic acids is 2. The molecule has 0 aliphatic rings. The van der Waals surface area contributed by atoms with E-state index in [1.54, 1.807) is 30.8 Å². The van der Waals surface area contributed by atoms with Gasteiger partial charge in [0.2, 0.25) is 0 Å². The number of benzene rings is 2. The molecule has 0 saturated carbocycles. The highest BCUT2D eigenvalue weighted by atomic mass is 32.2. The van der Waals surface area contributed by atoms with Gasteiger partial charge in [0.1, 0.15) is 5.69 Å². The van der Waals surface area contributed by atoms with Crippen molar-refractivity contribution in [3.05, 3.63) is 63.7 Å². The van der Waals surface area contributed by atoms with Crippen molar-refractivity contribution >= 4 is 35.0 Å². The number of amides is 1. The molecular formula is C20H23N3O5S. The lowest BCUT2D eigenvalue weighted by molar-refractivity contribution is -0.384. The fourth-order valence-corrected chi connectivity index (χ4v) is 3.20. The van der Waals surface area contributed by atoms with E-state index in [2.05, 4.69) is 5.32 Å². The number of nitrogens with one attached hydrogen (secondary N) is 1. The van der Waals surface area contributed by atoms with Gasteiger partial charge in [0, 0.05) is 37.4 Å². The second-order valence-corrected chi connectivity index (χ2v) is 7.61. The average Bonchev–Trinajstić information content (AvgIpc) is 2.70. The van der Waals surface area contributed by atoms with E-state index >= 15 is 0 Å². The summed E-state index contributed by atoms with van der Waals surface area (Å²) in [6, 6.07) is 12.1. The van der Waals surface area contributed by atoms with Crippen LogP contribution in [-0.2, 0) is 9.53 Å². The molecule has 1 N–H and O–H groups in total. The third kappa shape index (κ3) is 6.79. The third-order valence-corrected chi connectivity index (χ3v) is 4.95. The number of nitro benzene ring substituents is 1. The SMILES string of the molecule is Cc1ccc(SCCNC(=O)COC(=O)c2ccc(N(C)C)c([N+](=O)[O-])c2)cc1. The number of esters is 1. The van der Waals surface area contributed by atoms with Gasteiger partial charge in [-0.15, -0.1) is 11.8 Å². The molecule has 0 spiro atoms. The molecule has 154 valence electrons. The molecule has 0 atom stereocenters. The minimum Gasteiger partial charge on any atom is -0.452 e. The maximum absolute atomic E-state index is 12.1. The summed E-state index contributed by atoms with van der Waals surface area (Å²) in [6.07, 6.45) is 0. The molecule has 0 saturated heterocycles. The van der Waals surface area contributed by atoms with Crippen molar-refractivity contribution in [2.24, 2.45) is 0 Å². The Morgan fingerprint density at radius 1 is 1.17 bits per heavy atom. The van der Waals surface area contributed by atoms with Crippen LogP contribution < -0.4 is 10.2 Å². The van der Waals surface area contributed by atoms with Gasteiger partial charge in [0.15, 0.2) is 6.61 Å². The van der Waals surface area contributed by atoms with E-state index in [4.69, 9.17) is 4.74 Å². The second-order valence-electron chi connectivity index (χ2n) is 6.44. The van der Waals surface area contributed by atoms with Crippen LogP contribution in [0.5, 0.6) is 0 Å². The number of rotatable bonds is 9. The molecule has 0 heterocycles. The number of hydrogen-bond acceptors (Lipinski definition) is 7. The molecule has 0 aromatic heterocycles. The summed E-state index contributed by atoms with van der Waals surface area (Å²) >= 11 is 1.61. The Balaban J connectivity index is 1.79. The molecular weight excluding hydrogens is 394 g/mol. The molecule has 0 aliphatic carbocycles. The molecule has 0 unspecified atom stereocenters. The third-order valence-electron chi connectivity index (χ3n) is 3.94. The summed E-state index contributed by atoms with van der Waals surface area (Å²) in [5.41, 5.74) is 1.37. The highest BCUT2D eigenvalue weighted by molar-refractivity contribution is 7.99. The van der Waals surface area contributed by atoms with Gasteiger partial charge < -0.3 is 15.0 Å². The van der Waals surface area contributed by atoms with Gasteiger partial charge >= 0.3 is 5.97 Å². The van der Waals surface area contributed by atoms with E-state index in [9.17, 15) is 19.7 Å². The molecule has 2 aromatic rings. The van der Waals surface area contributed by atoms with E-state index in [0.717, 1.165) is 11.0 Å². The molecule has 1 amide bonds. The first kappa shape index (κ1) is 22.2. The Labute approximate surface area is 173 Å². The number of carbonyl (C=O) groups is 2. The smallest absolute Gasteiger partial charge is 0.338 e. The molecule has 2 rings (SSSR count). The summed E-state index contributed by atoms with van der Waals surface area (Å²) in [4.78, 5) is 37.3. The minimum absolute atomic E-state index is 0.0185. The van der Waals surface area contributed by atoms with Gasteiger partial charge in [-0.05, 0) is 31.2 Å². The second kappa shape index (κ2) is 10.5. The van der Waals surface area contributed by atoms with Crippen LogP contribution in [0.2, 0.25) is 0 Å². The Morgan fingerprint density at radius 2 is 1.86 bits per heavy atom. The largest absolute Gasteiger partial charge is 0.452 e. The van der Waals surface area contributed by atoms with Crippen molar-refractivity contribution in [2.75, 3.05) is 37.9 Å². The van der Waals surface area contributed by atoms with E-state index in [1.807, 2.05) is 31.2 Å². The number of nitro groups is 1. The highest BCUT2D eigenvalue weighted by Gasteiger charge is 2.20. The van der Waals surface area contributed by atoms with Gasteiger partial charge in [-0.3, -0.25) is 14.9 Å². The molecule has 2 aromatic carbocycles. The molecule has 0 aliphatic heterocycles. The van der Waals surface area contributed by atoms with Gasteiger partial charge in [-0.1, -0.05) is 17.7 Å². The average molecular weight is 417 g/mol. The van der Waals surface area contributed by atoms with Crippen molar-refractivity contribution in [1.29, 1.82) is 0 Å². The maximum atomic E-state index is 12.1. The van der Waals surface area contributed by atoms with Crippen molar-refractivity contribution in [2.45, 2.75) is 11.8 Å². The normalized spacial score (nSPS) is 10.3. The lowest BCUT2D eigenvalue weighted by atomic mass is 10.1. The first-order valence-electron chi connectivity index (χ1n) is 8.87. The first-order valence-corrected chi connectivity index (χ1v) is 9.85. The predicted octanol–water partition coefficient (Wildman–Crippen LogP) is 3.03. The predicted molar refractivity (Wildman–Crippen MR) is 113 cm³/mol. The van der Waals surface area contributed by atoms with Crippen molar-refractivity contribution < 1.29 is 19.2 Å². The van der Waals surface area contributed by atoms with Crippen molar-refractivity contribution in [3.8, 4) is 0 Å². The van der Waals surface area contributed by atoms with E-state index in [1.165, 1.54) is 17.7 Å². The standard InChI is InChI=1S/C20H23N3O5S/c1-14-4-7-16(8-5-14)29-11-10-21-19(24)13-28-20(25)15-6-9-17(22(2)3)18(12-15)23(26)27/h4-9,12H,10-11,13H2,1-3H3,(H,21,24). The summed E-state index contributed by atoms with van der Waals surface area (Å²) in [5, 5.41) is 13.9. The summed E-state index contributed by atoms with van der Waals surface area (Å²) < 4.78 is 4.96. The van der Waals surface area contributed by atoms with Crippen LogP contribution >= 0.6 is 11.8 Å². The van der Waals surface area contributed by atoms with Crippen LogP contribution in [0, 0.1) is 17.0 Å². The van der Waals surface area contributed by atoms with Crippen LogP contribution in [-0.4, -0.2) is 49.8 Å². The lowest BCUT2D eigenvalue weighted by Gasteiger charge is -2.13.